The molecule has 2 heterocycles. The molecule has 0 aromatic heterocycles. The van der Waals surface area contributed by atoms with Crippen LogP contribution in [-0.4, -0.2) is 120 Å². The summed E-state index contributed by atoms with van der Waals surface area (Å²) in [6, 6.07) is 13.6. The first-order valence-electron chi connectivity index (χ1n) is 23.7. The molecular weight excluding hydrogens is 1040 g/mol. The maximum atomic E-state index is 14.7. The maximum absolute atomic E-state index is 14.7. The minimum Gasteiger partial charge on any atom is -0.456 e. The fraction of sp³-hybridized carbons (Fsp3) is 0.458. The number of nitro benzene ring substituents is 3. The summed E-state index contributed by atoms with van der Waals surface area (Å²) in [4.78, 5) is 120. The van der Waals surface area contributed by atoms with E-state index in [4.69, 9.17) is 38.3 Å². The van der Waals surface area contributed by atoms with Crippen molar-refractivity contribution in [2.24, 2.45) is 16.6 Å². The number of hydrogen-bond donors (Lipinski definition) is 1. The van der Waals surface area contributed by atoms with Crippen molar-refractivity contribution in [3.8, 4) is 0 Å². The Morgan fingerprint density at radius 2 is 1.16 bits per heavy atom. The summed E-state index contributed by atoms with van der Waals surface area (Å²) in [7, 11) is -4.17. The lowest BCUT2D eigenvalue weighted by Gasteiger charge is -2.49. The summed E-state index contributed by atoms with van der Waals surface area (Å²) < 4.78 is 40.8. The van der Waals surface area contributed by atoms with Gasteiger partial charge in [0.15, 0.2) is 5.12 Å². The normalized spacial score (nSPS) is 17.6. The standard InChI is InChI=1S/C48H58N7O19PS/c1-28(2)72-75(73-29(3)4,74-30(5)6)45(46(59)69-25-32-8-14-35(15-9-32)53(62)63)52-40(39(44(52)58)20-21-68-48(61)71-27-34-12-18-37(19-13-34)55(66)67)23-42(56)76-38-22-41(43(49)57)51(24-38)31(7)50-47(60)70-26-33-10-16-36(17-11-33)54(64)65/h8-19,28-30,38-41H,20-27H2,1-7H3,(H2,49,57)/t38-,39-,40+,41-/m0/s1. The Morgan fingerprint density at radius 3 is 1.59 bits per heavy atom. The summed E-state index contributed by atoms with van der Waals surface area (Å²) in [5.74, 6) is -3.69. The molecule has 76 heavy (non-hydrogen) atoms. The monoisotopic (exact) mass is 1100 g/mol. The average Bonchev–Trinajstić information content (AvgIpc) is 3.78. The molecule has 2 aliphatic heterocycles. The first-order chi connectivity index (χ1) is 35.9. The van der Waals surface area contributed by atoms with Gasteiger partial charge in [0.2, 0.25) is 17.2 Å². The number of rotatable bonds is 24. The van der Waals surface area contributed by atoms with Crippen molar-refractivity contribution in [3.63, 3.8) is 0 Å². The number of benzene rings is 3. The third kappa shape index (κ3) is 16.3. The van der Waals surface area contributed by atoms with Gasteiger partial charge in [-0.1, -0.05) is 11.8 Å². The first-order valence-corrected chi connectivity index (χ1v) is 26.1. The minimum absolute atomic E-state index is 0.00475. The van der Waals surface area contributed by atoms with Crippen LogP contribution in [0.5, 0.6) is 0 Å². The summed E-state index contributed by atoms with van der Waals surface area (Å²) in [6.07, 6.45) is -4.86. The molecule has 2 aliphatic rings. The third-order valence-corrected chi connectivity index (χ3v) is 15.3. The van der Waals surface area contributed by atoms with Gasteiger partial charge in [0.1, 0.15) is 31.7 Å². The lowest BCUT2D eigenvalue weighted by Crippen LogP contribution is -2.65. The van der Waals surface area contributed by atoms with Gasteiger partial charge in [0, 0.05) is 54.6 Å². The zero-order chi connectivity index (χ0) is 56.0. The number of non-ortho nitro benzene ring substituents is 3. The zero-order valence-electron chi connectivity index (χ0n) is 42.5. The van der Waals surface area contributed by atoms with E-state index < -0.39 is 124 Å². The Hall–Kier alpha value is -7.32. The van der Waals surface area contributed by atoms with Gasteiger partial charge in [-0.2, -0.15) is 4.99 Å². The number of thioether (sulfide) groups is 1. The van der Waals surface area contributed by atoms with Crippen molar-refractivity contribution in [1.29, 1.82) is 0 Å². The van der Waals surface area contributed by atoms with E-state index in [0.29, 0.717) is 16.7 Å². The molecule has 3 aromatic rings. The van der Waals surface area contributed by atoms with E-state index in [1.54, 1.807) is 41.5 Å². The highest BCUT2D eigenvalue weighted by atomic mass is 32.2. The lowest BCUT2D eigenvalue weighted by molar-refractivity contribution is -0.385. The lowest BCUT2D eigenvalue weighted by atomic mass is 9.83. The molecule has 0 saturated carbocycles. The molecule has 28 heteroatoms. The molecule has 5 rings (SSSR count). The van der Waals surface area contributed by atoms with Crippen LogP contribution in [-0.2, 0) is 71.5 Å². The largest absolute Gasteiger partial charge is 0.508 e. The van der Waals surface area contributed by atoms with Crippen LogP contribution in [0.25, 0.3) is 0 Å². The van der Waals surface area contributed by atoms with Crippen LogP contribution in [0.2, 0.25) is 0 Å². The van der Waals surface area contributed by atoms with Crippen LogP contribution < -0.4 is 5.73 Å². The molecule has 2 saturated heterocycles. The van der Waals surface area contributed by atoms with Crippen molar-refractivity contribution < 1.29 is 76.1 Å². The molecule has 3 aromatic carbocycles. The first kappa shape index (κ1) is 59.6. The predicted molar refractivity (Wildman–Crippen MR) is 273 cm³/mol. The summed E-state index contributed by atoms with van der Waals surface area (Å²) in [5, 5.41) is 32.2. The number of esters is 1. The third-order valence-electron chi connectivity index (χ3n) is 11.2. The van der Waals surface area contributed by atoms with Gasteiger partial charge in [0.05, 0.1) is 51.6 Å². The number of likely N-dealkylation sites (tertiary alicyclic amines) is 2. The van der Waals surface area contributed by atoms with Crippen molar-refractivity contribution in [1.82, 2.24) is 9.80 Å². The molecule has 410 valence electrons. The molecule has 26 nitrogen and oxygen atoms in total. The molecule has 3 amide bonds. The van der Waals surface area contributed by atoms with E-state index in [0.717, 1.165) is 16.7 Å². The smallest absolute Gasteiger partial charge is 0.456 e. The topological polar surface area (TPSA) is 341 Å². The van der Waals surface area contributed by atoms with E-state index in [1.165, 1.54) is 84.6 Å². The number of primary amides is 1. The molecule has 0 unspecified atom stereocenters. The van der Waals surface area contributed by atoms with Crippen molar-refractivity contribution >= 4 is 82.8 Å². The summed E-state index contributed by atoms with van der Waals surface area (Å²) >= 11 is 0.822. The van der Waals surface area contributed by atoms with Crippen LogP contribution in [0.15, 0.2) is 77.8 Å². The number of β-lactam (4-membered cyclic amide) rings is 1. The second kappa shape index (κ2) is 26.9. The number of hydrogen-bond acceptors (Lipinski definition) is 20. The average molecular weight is 1100 g/mol. The Bertz CT molecular complexity index is 2710. The van der Waals surface area contributed by atoms with Gasteiger partial charge < -0.3 is 43.2 Å². The molecule has 0 aliphatic carbocycles. The second-order valence-electron chi connectivity index (χ2n) is 18.0. The number of nitrogens with zero attached hydrogens (tertiary/aromatic N) is 6. The molecule has 0 bridgehead atoms. The Balaban J connectivity index is 1.43. The van der Waals surface area contributed by atoms with E-state index in [-0.39, 0.29) is 55.5 Å². The van der Waals surface area contributed by atoms with Gasteiger partial charge in [-0.05, 0) is 114 Å². The molecule has 2 fully saturated rings. The number of carbonyl (C=O) groups is 6. The van der Waals surface area contributed by atoms with Crippen LogP contribution in [0.4, 0.5) is 26.7 Å². The van der Waals surface area contributed by atoms with Gasteiger partial charge in [-0.3, -0.25) is 49.6 Å². The number of aliphatic imine (C=N–C) groups is 1. The highest BCUT2D eigenvalue weighted by molar-refractivity contribution is 8.14. The summed E-state index contributed by atoms with van der Waals surface area (Å²) in [6.45, 7) is 9.93. The second-order valence-corrected chi connectivity index (χ2v) is 21.4. The maximum Gasteiger partial charge on any atom is 0.508 e. The van der Waals surface area contributed by atoms with E-state index in [9.17, 15) is 59.1 Å². The van der Waals surface area contributed by atoms with Crippen LogP contribution in [0.3, 0.4) is 0 Å². The predicted octanol–water partition coefficient (Wildman–Crippen LogP) is 7.53. The molecule has 0 radical (unpaired) electrons. The van der Waals surface area contributed by atoms with Crippen LogP contribution in [0, 0.1) is 36.3 Å². The van der Waals surface area contributed by atoms with Gasteiger partial charge in [-0.15, -0.1) is 0 Å². The Labute approximate surface area is 440 Å². The number of nitro groups is 3. The molecular formula is C48H58N7O19PS. The Morgan fingerprint density at radius 1 is 0.711 bits per heavy atom. The van der Waals surface area contributed by atoms with E-state index >= 15 is 0 Å². The highest BCUT2D eigenvalue weighted by Gasteiger charge is 2.55. The van der Waals surface area contributed by atoms with Crippen molar-refractivity contribution in [3.05, 3.63) is 120 Å². The van der Waals surface area contributed by atoms with Gasteiger partial charge in [-0.25, -0.2) is 14.4 Å². The van der Waals surface area contributed by atoms with E-state index in [2.05, 4.69) is 4.99 Å². The Kier molecular flexibility index (Phi) is 21.1. The number of carbonyl (C=O) groups excluding carboxylic acids is 6. The number of amidine groups is 1. The van der Waals surface area contributed by atoms with E-state index in [1.807, 2.05) is 0 Å². The fourth-order valence-corrected chi connectivity index (χ4v) is 12.0. The zero-order valence-corrected chi connectivity index (χ0v) is 44.2. The van der Waals surface area contributed by atoms with Crippen molar-refractivity contribution in [2.75, 3.05) is 13.2 Å². The van der Waals surface area contributed by atoms with Gasteiger partial charge >= 0.3 is 18.2 Å². The molecule has 0 spiro atoms. The highest BCUT2D eigenvalue weighted by Crippen LogP contribution is 2.58. The van der Waals surface area contributed by atoms with Gasteiger partial charge in [0.25, 0.3) is 24.6 Å². The molecule has 2 N–H and O–H groups in total. The minimum atomic E-state index is -4.17. The summed E-state index contributed by atoms with van der Waals surface area (Å²) in [5.41, 5.74) is 5.98. The van der Waals surface area contributed by atoms with Crippen LogP contribution >= 0.6 is 19.3 Å². The van der Waals surface area contributed by atoms with Crippen molar-refractivity contribution in [2.45, 2.75) is 123 Å². The quantitative estimate of drug-likeness (QED) is 0.0132. The fourth-order valence-electron chi connectivity index (χ4n) is 7.91. The number of ether oxygens (including phenoxy) is 4. The number of nitrogens with two attached hydrogens (primary N) is 1. The molecule has 4 atom stereocenters. The SMILES string of the molecule is CC(=NC(=O)OCc1ccc([N+](=O)[O-])cc1)N1C[C@@H](SC(=O)C[C@@H]2[C@H](CCOC(=O)OCc3ccc([N+](=O)[O-])cc3)C(=O)N2C(C(=O)OCc2ccc([N+](=O)[O-])cc2)=P(OC(C)C)(OC(C)C)OC(C)C)C[C@H]1C(N)=O. The number of amides is 3. The van der Waals surface area contributed by atoms with Crippen LogP contribution in [0.1, 0.15) is 84.4 Å².